The fourth-order valence-corrected chi connectivity index (χ4v) is 8.82. The molecule has 2 aliphatic heterocycles. The second-order valence-electron chi connectivity index (χ2n) is 13.3. The SMILES string of the molecule is COC[C@H]1CCCN1C(=O)c1cc(C)cc(C(=O)C[C@@H](Cc2cc(F)cc(F)c2)[C@H](O)[C@@H]2CCCN(S(=O)(=O)c3cccc(C)c3)C2)c1. The number of Topliss-reactive ketones (excluding diaryl/α,β-unsaturated/α-hetero) is 1. The largest absolute Gasteiger partial charge is 0.392 e. The fourth-order valence-electron chi connectivity index (χ4n) is 7.18. The van der Waals surface area contributed by atoms with Crippen molar-refractivity contribution in [2.75, 3.05) is 33.4 Å². The molecule has 0 radical (unpaired) electrons. The van der Waals surface area contributed by atoms with Gasteiger partial charge in [0.2, 0.25) is 10.0 Å². The van der Waals surface area contributed by atoms with Gasteiger partial charge in [-0.3, -0.25) is 9.59 Å². The molecule has 258 valence electrons. The van der Waals surface area contributed by atoms with Crippen molar-refractivity contribution in [3.05, 3.63) is 100 Å². The molecule has 4 atom stereocenters. The summed E-state index contributed by atoms with van der Waals surface area (Å²) in [6.07, 6.45) is 1.39. The van der Waals surface area contributed by atoms with Crippen LogP contribution in [0.4, 0.5) is 8.78 Å². The van der Waals surface area contributed by atoms with Crippen LogP contribution in [0.25, 0.3) is 0 Å². The molecule has 2 fully saturated rings. The zero-order chi connectivity index (χ0) is 34.6. The monoisotopic (exact) mass is 682 g/mol. The lowest BCUT2D eigenvalue weighted by Crippen LogP contribution is -2.46. The van der Waals surface area contributed by atoms with E-state index < -0.39 is 39.6 Å². The number of hydrogen-bond donors (Lipinski definition) is 1. The maximum atomic E-state index is 14.2. The number of ether oxygens (including phenoxy) is 1. The van der Waals surface area contributed by atoms with Crippen LogP contribution >= 0.6 is 0 Å². The number of nitrogens with zero attached hydrogens (tertiary/aromatic N) is 2. The summed E-state index contributed by atoms with van der Waals surface area (Å²) in [5.74, 6) is -3.35. The molecule has 2 heterocycles. The Morgan fingerprint density at radius 3 is 2.35 bits per heavy atom. The van der Waals surface area contributed by atoms with Crippen molar-refractivity contribution in [3.8, 4) is 0 Å². The molecule has 3 aromatic carbocycles. The Hall–Kier alpha value is -3.51. The quantitative estimate of drug-likeness (QED) is 0.245. The number of hydrogen-bond acceptors (Lipinski definition) is 6. The number of sulfonamides is 1. The highest BCUT2D eigenvalue weighted by molar-refractivity contribution is 7.89. The number of methoxy groups -OCH3 is 1. The number of carbonyl (C=O) groups excluding carboxylic acids is 2. The molecular weight excluding hydrogens is 638 g/mol. The molecule has 0 aliphatic carbocycles. The number of aryl methyl sites for hydroxylation is 2. The van der Waals surface area contributed by atoms with Gasteiger partial charge in [-0.15, -0.1) is 0 Å². The van der Waals surface area contributed by atoms with E-state index in [2.05, 4.69) is 0 Å². The summed E-state index contributed by atoms with van der Waals surface area (Å²) in [6, 6.07) is 14.7. The van der Waals surface area contributed by atoms with Gasteiger partial charge in [0.05, 0.1) is 23.6 Å². The average Bonchev–Trinajstić information content (AvgIpc) is 3.51. The van der Waals surface area contributed by atoms with Crippen LogP contribution in [-0.4, -0.2) is 79.9 Å². The Morgan fingerprint density at radius 2 is 1.65 bits per heavy atom. The van der Waals surface area contributed by atoms with Crippen LogP contribution in [0.3, 0.4) is 0 Å². The van der Waals surface area contributed by atoms with E-state index in [1.54, 1.807) is 55.3 Å². The molecule has 0 unspecified atom stereocenters. The molecule has 8 nitrogen and oxygen atoms in total. The van der Waals surface area contributed by atoms with Gasteiger partial charge in [0.25, 0.3) is 5.91 Å². The third-order valence-electron chi connectivity index (χ3n) is 9.53. The van der Waals surface area contributed by atoms with Gasteiger partial charge in [-0.2, -0.15) is 4.31 Å². The van der Waals surface area contributed by atoms with Gasteiger partial charge in [0.15, 0.2) is 5.78 Å². The van der Waals surface area contributed by atoms with E-state index in [9.17, 15) is 31.9 Å². The van der Waals surface area contributed by atoms with Crippen LogP contribution in [0.2, 0.25) is 0 Å². The molecule has 5 rings (SSSR count). The number of halogens is 2. The Morgan fingerprint density at radius 1 is 0.938 bits per heavy atom. The molecule has 0 saturated carbocycles. The third kappa shape index (κ3) is 8.37. The standard InChI is InChI=1S/C37H44F2N2O6S/c1-24-7-4-10-34(15-24)48(45,46)40-11-5-8-27(22-40)36(43)29(16-26-17-31(38)21-32(39)18-26)20-35(42)28-13-25(2)14-30(19-28)37(44)41-12-6-9-33(41)23-47-3/h4,7,10,13-15,17-19,21,27,29,33,36,43H,5-6,8-9,11-12,16,20,22-23H2,1-3H3/t27-,29-,33-,36-/m1/s1. The van der Waals surface area contributed by atoms with Crippen molar-refractivity contribution in [2.45, 2.75) is 69.4 Å². The molecule has 1 amide bonds. The highest BCUT2D eigenvalue weighted by Gasteiger charge is 2.37. The Bertz CT molecular complexity index is 1730. The van der Waals surface area contributed by atoms with Crippen molar-refractivity contribution >= 4 is 21.7 Å². The van der Waals surface area contributed by atoms with Crippen molar-refractivity contribution in [1.29, 1.82) is 0 Å². The normalized spacial score (nSPS) is 20.1. The molecule has 2 aliphatic rings. The van der Waals surface area contributed by atoms with E-state index in [0.717, 1.165) is 30.0 Å². The van der Waals surface area contributed by atoms with Crippen molar-refractivity contribution in [1.82, 2.24) is 9.21 Å². The number of ketones is 1. The molecule has 0 aromatic heterocycles. The molecule has 48 heavy (non-hydrogen) atoms. The third-order valence-corrected chi connectivity index (χ3v) is 11.4. The van der Waals surface area contributed by atoms with Gasteiger partial charge >= 0.3 is 0 Å². The van der Waals surface area contributed by atoms with Crippen LogP contribution < -0.4 is 0 Å². The minimum absolute atomic E-state index is 0.00715. The fraction of sp³-hybridized carbons (Fsp3) is 0.459. The highest BCUT2D eigenvalue weighted by Crippen LogP contribution is 2.32. The number of aliphatic hydroxyl groups excluding tert-OH is 1. The Kier molecular flexibility index (Phi) is 11.5. The van der Waals surface area contributed by atoms with Gasteiger partial charge in [-0.1, -0.05) is 12.1 Å². The molecule has 2 saturated heterocycles. The van der Waals surface area contributed by atoms with E-state index in [1.165, 1.54) is 16.4 Å². The molecule has 1 N–H and O–H groups in total. The van der Waals surface area contributed by atoms with Crippen LogP contribution in [0.15, 0.2) is 65.6 Å². The minimum atomic E-state index is -3.83. The Balaban J connectivity index is 1.40. The second-order valence-corrected chi connectivity index (χ2v) is 15.2. The van der Waals surface area contributed by atoms with E-state index in [4.69, 9.17) is 4.74 Å². The Labute approximate surface area is 281 Å². The summed E-state index contributed by atoms with van der Waals surface area (Å²) in [6.45, 7) is 4.98. The number of carbonyl (C=O) groups is 2. The van der Waals surface area contributed by atoms with Crippen molar-refractivity contribution in [2.24, 2.45) is 11.8 Å². The molecule has 11 heteroatoms. The van der Waals surface area contributed by atoms with E-state index in [0.29, 0.717) is 43.7 Å². The summed E-state index contributed by atoms with van der Waals surface area (Å²) in [4.78, 5) is 29.4. The highest BCUT2D eigenvalue weighted by atomic mass is 32.2. The van der Waals surface area contributed by atoms with Crippen LogP contribution in [0.5, 0.6) is 0 Å². The first-order valence-electron chi connectivity index (χ1n) is 16.5. The van der Waals surface area contributed by atoms with Crippen molar-refractivity contribution in [3.63, 3.8) is 0 Å². The lowest BCUT2D eigenvalue weighted by Gasteiger charge is -2.37. The number of benzene rings is 3. The lowest BCUT2D eigenvalue weighted by atomic mass is 9.79. The minimum Gasteiger partial charge on any atom is -0.392 e. The summed E-state index contributed by atoms with van der Waals surface area (Å²) >= 11 is 0. The summed E-state index contributed by atoms with van der Waals surface area (Å²) in [5.41, 5.74) is 2.50. The molecule has 0 bridgehead atoms. The van der Waals surface area contributed by atoms with Gasteiger partial charge in [0.1, 0.15) is 11.6 Å². The average molecular weight is 683 g/mol. The van der Waals surface area contributed by atoms with Gasteiger partial charge in [-0.05, 0) is 117 Å². The zero-order valence-electron chi connectivity index (χ0n) is 27.7. The van der Waals surface area contributed by atoms with E-state index in [-0.39, 0.29) is 47.6 Å². The van der Waals surface area contributed by atoms with Crippen LogP contribution in [0, 0.1) is 37.3 Å². The van der Waals surface area contributed by atoms with Gasteiger partial charge in [-0.25, -0.2) is 17.2 Å². The smallest absolute Gasteiger partial charge is 0.254 e. The number of amides is 1. The molecular formula is C37H44F2N2O6S. The predicted molar refractivity (Wildman–Crippen MR) is 178 cm³/mol. The number of rotatable bonds is 12. The topological polar surface area (TPSA) is 104 Å². The first-order valence-corrected chi connectivity index (χ1v) is 17.9. The zero-order valence-corrected chi connectivity index (χ0v) is 28.5. The van der Waals surface area contributed by atoms with E-state index in [1.807, 2.05) is 13.0 Å². The first-order chi connectivity index (χ1) is 22.8. The van der Waals surface area contributed by atoms with Crippen LogP contribution in [0.1, 0.15) is 69.5 Å². The second kappa shape index (κ2) is 15.4. The maximum absolute atomic E-state index is 14.2. The van der Waals surface area contributed by atoms with E-state index >= 15 is 0 Å². The maximum Gasteiger partial charge on any atom is 0.254 e. The summed E-state index contributed by atoms with van der Waals surface area (Å²) in [7, 11) is -2.23. The van der Waals surface area contributed by atoms with Crippen molar-refractivity contribution < 1.29 is 36.6 Å². The number of piperidine rings is 1. The lowest BCUT2D eigenvalue weighted by molar-refractivity contribution is 0.0231. The first kappa shape index (κ1) is 35.8. The predicted octanol–water partition coefficient (Wildman–Crippen LogP) is 5.73. The molecule has 3 aromatic rings. The van der Waals surface area contributed by atoms with Gasteiger partial charge < -0.3 is 14.7 Å². The summed E-state index contributed by atoms with van der Waals surface area (Å²) in [5, 5.41) is 11.8. The summed E-state index contributed by atoms with van der Waals surface area (Å²) < 4.78 is 62.2. The molecule has 0 spiro atoms. The number of likely N-dealkylation sites (tertiary alicyclic amines) is 1. The van der Waals surface area contributed by atoms with Crippen LogP contribution in [-0.2, 0) is 21.2 Å². The van der Waals surface area contributed by atoms with Gasteiger partial charge in [0, 0.05) is 50.4 Å². The number of aliphatic hydroxyl groups is 1.